The molecule has 19 heavy (non-hydrogen) atoms. The van der Waals surface area contributed by atoms with Crippen LogP contribution in [0.5, 0.6) is 0 Å². The summed E-state index contributed by atoms with van der Waals surface area (Å²) in [4.78, 5) is 14.1. The summed E-state index contributed by atoms with van der Waals surface area (Å²) in [7, 11) is 0. The SMILES string of the molecule is O=C(c1cc(F)ccc1Br)N1Cc2ccccc2C1. The molecule has 0 radical (unpaired) electrons. The third-order valence-electron chi connectivity index (χ3n) is 3.29. The highest BCUT2D eigenvalue weighted by Gasteiger charge is 2.25. The van der Waals surface area contributed by atoms with Crippen molar-refractivity contribution >= 4 is 21.8 Å². The fourth-order valence-corrected chi connectivity index (χ4v) is 2.72. The molecule has 0 atom stereocenters. The van der Waals surface area contributed by atoms with Crippen molar-refractivity contribution in [2.75, 3.05) is 0 Å². The second kappa shape index (κ2) is 4.78. The molecule has 0 aliphatic carbocycles. The molecule has 0 aromatic heterocycles. The standard InChI is InChI=1S/C15H11BrFNO/c16-14-6-5-12(17)7-13(14)15(19)18-8-10-3-1-2-4-11(10)9-18/h1-7H,8-9H2. The zero-order chi connectivity index (χ0) is 13.4. The summed E-state index contributed by atoms with van der Waals surface area (Å²) in [5.41, 5.74) is 2.68. The van der Waals surface area contributed by atoms with Crippen molar-refractivity contribution in [2.45, 2.75) is 13.1 Å². The molecule has 0 bridgehead atoms. The molecule has 0 N–H and O–H groups in total. The number of hydrogen-bond acceptors (Lipinski definition) is 1. The number of nitrogens with zero attached hydrogens (tertiary/aromatic N) is 1. The van der Waals surface area contributed by atoms with Gasteiger partial charge in [-0.2, -0.15) is 0 Å². The smallest absolute Gasteiger partial charge is 0.255 e. The summed E-state index contributed by atoms with van der Waals surface area (Å²) in [6.45, 7) is 1.16. The normalized spacial score (nSPS) is 13.5. The van der Waals surface area contributed by atoms with Crippen molar-refractivity contribution in [2.24, 2.45) is 0 Å². The van der Waals surface area contributed by atoms with Gasteiger partial charge in [-0.25, -0.2) is 4.39 Å². The molecule has 2 aromatic carbocycles. The molecule has 0 saturated carbocycles. The number of carbonyl (C=O) groups excluding carboxylic acids is 1. The zero-order valence-corrected chi connectivity index (χ0v) is 11.7. The van der Waals surface area contributed by atoms with E-state index in [2.05, 4.69) is 15.9 Å². The first-order valence-corrected chi connectivity index (χ1v) is 6.75. The lowest BCUT2D eigenvalue weighted by molar-refractivity contribution is 0.0750. The number of fused-ring (bicyclic) bond motifs is 1. The van der Waals surface area contributed by atoms with Gasteiger partial charge < -0.3 is 4.90 Å². The Morgan fingerprint density at radius 2 is 1.74 bits per heavy atom. The Balaban J connectivity index is 1.89. The third kappa shape index (κ3) is 2.28. The molecule has 0 fully saturated rings. The molecule has 2 aromatic rings. The number of amides is 1. The van der Waals surface area contributed by atoms with E-state index in [-0.39, 0.29) is 5.91 Å². The van der Waals surface area contributed by atoms with Gasteiger partial charge in [-0.1, -0.05) is 24.3 Å². The molecule has 4 heteroatoms. The van der Waals surface area contributed by atoms with Crippen molar-refractivity contribution in [1.82, 2.24) is 4.90 Å². The van der Waals surface area contributed by atoms with Gasteiger partial charge in [-0.15, -0.1) is 0 Å². The summed E-state index contributed by atoms with van der Waals surface area (Å²) in [6, 6.07) is 12.1. The van der Waals surface area contributed by atoms with E-state index in [1.54, 1.807) is 11.0 Å². The lowest BCUT2D eigenvalue weighted by Gasteiger charge is -2.16. The highest BCUT2D eigenvalue weighted by molar-refractivity contribution is 9.10. The van der Waals surface area contributed by atoms with Gasteiger partial charge in [0.05, 0.1) is 5.56 Å². The van der Waals surface area contributed by atoms with Crippen molar-refractivity contribution < 1.29 is 9.18 Å². The fourth-order valence-electron chi connectivity index (χ4n) is 2.31. The van der Waals surface area contributed by atoms with Gasteiger partial charge in [0.25, 0.3) is 5.91 Å². The number of benzene rings is 2. The Labute approximate surface area is 119 Å². The Bertz CT molecular complexity index is 631. The van der Waals surface area contributed by atoms with Gasteiger partial charge in [-0.3, -0.25) is 4.79 Å². The maximum atomic E-state index is 13.3. The molecule has 1 heterocycles. The molecule has 1 aliphatic heterocycles. The minimum Gasteiger partial charge on any atom is -0.330 e. The van der Waals surface area contributed by atoms with Crippen LogP contribution in [0.15, 0.2) is 46.9 Å². The van der Waals surface area contributed by atoms with Gasteiger partial charge in [0.2, 0.25) is 0 Å². The van der Waals surface area contributed by atoms with E-state index in [0.717, 1.165) is 11.1 Å². The van der Waals surface area contributed by atoms with Gasteiger partial charge >= 0.3 is 0 Å². The highest BCUT2D eigenvalue weighted by Crippen LogP contribution is 2.26. The lowest BCUT2D eigenvalue weighted by atomic mass is 10.1. The first kappa shape index (κ1) is 12.4. The van der Waals surface area contributed by atoms with Crippen LogP contribution in [0.2, 0.25) is 0 Å². The molecule has 0 unspecified atom stereocenters. The van der Waals surface area contributed by atoms with Crippen LogP contribution < -0.4 is 0 Å². The molecule has 0 spiro atoms. The Morgan fingerprint density at radius 3 is 2.37 bits per heavy atom. The van der Waals surface area contributed by atoms with E-state index in [9.17, 15) is 9.18 Å². The Kier molecular flexibility index (Phi) is 3.11. The van der Waals surface area contributed by atoms with Crippen molar-refractivity contribution in [3.05, 3.63) is 69.4 Å². The number of halogens is 2. The van der Waals surface area contributed by atoms with Gasteiger partial charge in [-0.05, 0) is 45.3 Å². The topological polar surface area (TPSA) is 20.3 Å². The number of hydrogen-bond donors (Lipinski definition) is 0. The minimum atomic E-state index is -0.400. The zero-order valence-electron chi connectivity index (χ0n) is 10.1. The summed E-state index contributed by atoms with van der Waals surface area (Å²) >= 11 is 3.30. The van der Waals surface area contributed by atoms with Crippen LogP contribution in [0.3, 0.4) is 0 Å². The van der Waals surface area contributed by atoms with E-state index < -0.39 is 5.82 Å². The summed E-state index contributed by atoms with van der Waals surface area (Å²) in [5.74, 6) is -0.550. The maximum Gasteiger partial charge on any atom is 0.255 e. The molecular formula is C15H11BrFNO. The summed E-state index contributed by atoms with van der Waals surface area (Å²) in [5, 5.41) is 0. The second-order valence-electron chi connectivity index (χ2n) is 4.55. The highest BCUT2D eigenvalue weighted by atomic mass is 79.9. The Morgan fingerprint density at radius 1 is 1.11 bits per heavy atom. The van der Waals surface area contributed by atoms with Gasteiger partial charge in [0, 0.05) is 17.6 Å². The van der Waals surface area contributed by atoms with Gasteiger partial charge in [0.15, 0.2) is 0 Å². The average molecular weight is 320 g/mol. The summed E-state index contributed by atoms with van der Waals surface area (Å²) in [6.07, 6.45) is 0. The second-order valence-corrected chi connectivity index (χ2v) is 5.41. The molecule has 1 aliphatic rings. The molecule has 0 saturated heterocycles. The largest absolute Gasteiger partial charge is 0.330 e. The van der Waals surface area contributed by atoms with Crippen LogP contribution in [0.1, 0.15) is 21.5 Å². The van der Waals surface area contributed by atoms with E-state index >= 15 is 0 Å². The number of carbonyl (C=O) groups is 1. The van der Waals surface area contributed by atoms with E-state index in [0.29, 0.717) is 23.1 Å². The van der Waals surface area contributed by atoms with Gasteiger partial charge in [0.1, 0.15) is 5.82 Å². The lowest BCUT2D eigenvalue weighted by Crippen LogP contribution is -2.25. The molecular weight excluding hydrogens is 309 g/mol. The van der Waals surface area contributed by atoms with E-state index in [4.69, 9.17) is 0 Å². The van der Waals surface area contributed by atoms with Crippen LogP contribution >= 0.6 is 15.9 Å². The predicted octanol–water partition coefficient (Wildman–Crippen LogP) is 3.74. The van der Waals surface area contributed by atoms with Crippen LogP contribution in [-0.4, -0.2) is 10.8 Å². The quantitative estimate of drug-likeness (QED) is 0.784. The number of rotatable bonds is 1. The fraction of sp³-hybridized carbons (Fsp3) is 0.133. The van der Waals surface area contributed by atoms with E-state index in [1.807, 2.05) is 24.3 Å². The van der Waals surface area contributed by atoms with Crippen LogP contribution in [0.4, 0.5) is 4.39 Å². The predicted molar refractivity (Wildman–Crippen MR) is 74.1 cm³/mol. The molecule has 1 amide bonds. The third-order valence-corrected chi connectivity index (χ3v) is 3.98. The first-order chi connectivity index (χ1) is 9.15. The Hall–Kier alpha value is -1.68. The van der Waals surface area contributed by atoms with E-state index in [1.165, 1.54) is 12.1 Å². The van der Waals surface area contributed by atoms with Crippen LogP contribution in [0, 0.1) is 5.82 Å². The maximum absolute atomic E-state index is 13.3. The monoisotopic (exact) mass is 319 g/mol. The van der Waals surface area contributed by atoms with Crippen LogP contribution in [0.25, 0.3) is 0 Å². The molecule has 96 valence electrons. The molecule has 3 rings (SSSR count). The molecule has 2 nitrogen and oxygen atoms in total. The van der Waals surface area contributed by atoms with Crippen molar-refractivity contribution in [3.8, 4) is 0 Å². The minimum absolute atomic E-state index is 0.150. The average Bonchev–Trinajstić information content (AvgIpc) is 2.84. The van der Waals surface area contributed by atoms with Crippen LogP contribution in [-0.2, 0) is 13.1 Å². The van der Waals surface area contributed by atoms with Crippen molar-refractivity contribution in [3.63, 3.8) is 0 Å². The first-order valence-electron chi connectivity index (χ1n) is 5.96. The van der Waals surface area contributed by atoms with Crippen molar-refractivity contribution in [1.29, 1.82) is 0 Å². The summed E-state index contributed by atoms with van der Waals surface area (Å²) < 4.78 is 13.9.